The minimum atomic E-state index is -0.359. The zero-order valence-electron chi connectivity index (χ0n) is 14.6. The van der Waals surface area contributed by atoms with Crippen molar-refractivity contribution in [2.24, 2.45) is 0 Å². The maximum Gasteiger partial charge on any atom is 0.319 e. The smallest absolute Gasteiger partial charge is 0.319 e. The molecular formula is C18H21ClN2O4. The van der Waals surface area contributed by atoms with Crippen molar-refractivity contribution < 1.29 is 19.0 Å². The fourth-order valence-electron chi connectivity index (χ4n) is 2.38. The van der Waals surface area contributed by atoms with Crippen LogP contribution in [0.4, 0.5) is 10.5 Å². The van der Waals surface area contributed by atoms with Crippen LogP contribution >= 0.6 is 11.6 Å². The molecule has 0 aliphatic carbocycles. The second-order valence-corrected chi connectivity index (χ2v) is 5.73. The third kappa shape index (κ3) is 4.70. The Morgan fingerprint density at radius 2 is 1.68 bits per heavy atom. The Morgan fingerprint density at radius 3 is 2.20 bits per heavy atom. The molecule has 0 aromatic heterocycles. The Hall–Kier alpha value is -2.60. The maximum atomic E-state index is 12.3. The molecule has 0 radical (unpaired) electrons. The molecule has 0 unspecified atom stereocenters. The summed E-state index contributed by atoms with van der Waals surface area (Å²) in [5.41, 5.74) is 1.43. The molecule has 7 heteroatoms. The molecule has 2 amide bonds. The summed E-state index contributed by atoms with van der Waals surface area (Å²) in [6.45, 7) is 1.88. The first-order chi connectivity index (χ1) is 12.0. The molecule has 0 aliphatic rings. The number of anilines is 1. The number of carbonyl (C=O) groups excluding carboxylic acids is 1. The predicted molar refractivity (Wildman–Crippen MR) is 98.1 cm³/mol. The van der Waals surface area contributed by atoms with E-state index in [4.69, 9.17) is 25.8 Å². The third-order valence-electron chi connectivity index (χ3n) is 3.62. The van der Waals surface area contributed by atoms with Gasteiger partial charge in [0, 0.05) is 17.2 Å². The van der Waals surface area contributed by atoms with Crippen LogP contribution in [0.25, 0.3) is 0 Å². The Kier molecular flexibility index (Phi) is 6.36. The highest BCUT2D eigenvalue weighted by Crippen LogP contribution is 2.39. The van der Waals surface area contributed by atoms with Gasteiger partial charge in [-0.25, -0.2) is 4.79 Å². The lowest BCUT2D eigenvalue weighted by Crippen LogP contribution is -2.31. The number of urea groups is 1. The van der Waals surface area contributed by atoms with E-state index in [9.17, 15) is 4.79 Å². The number of amides is 2. The summed E-state index contributed by atoms with van der Waals surface area (Å²) in [7, 11) is 4.55. The number of hydrogen-bond acceptors (Lipinski definition) is 4. The summed E-state index contributed by atoms with van der Waals surface area (Å²) in [6, 6.07) is 10.1. The van der Waals surface area contributed by atoms with Crippen molar-refractivity contribution in [3.63, 3.8) is 0 Å². The SMILES string of the molecule is COc1cc(NC(=O)N[C@@H](C)c2cccc(Cl)c2)cc(OC)c1OC. The van der Waals surface area contributed by atoms with E-state index < -0.39 is 0 Å². The van der Waals surface area contributed by atoms with Gasteiger partial charge in [0.2, 0.25) is 5.75 Å². The Bertz CT molecular complexity index is 727. The van der Waals surface area contributed by atoms with Crippen molar-refractivity contribution in [2.45, 2.75) is 13.0 Å². The molecule has 2 rings (SSSR count). The van der Waals surface area contributed by atoms with E-state index in [1.807, 2.05) is 25.1 Å². The van der Waals surface area contributed by atoms with Crippen molar-refractivity contribution >= 4 is 23.3 Å². The van der Waals surface area contributed by atoms with Gasteiger partial charge in [0.1, 0.15) is 0 Å². The highest BCUT2D eigenvalue weighted by Gasteiger charge is 2.15. The molecular weight excluding hydrogens is 344 g/mol. The largest absolute Gasteiger partial charge is 0.493 e. The van der Waals surface area contributed by atoms with E-state index in [-0.39, 0.29) is 12.1 Å². The van der Waals surface area contributed by atoms with Crippen molar-refractivity contribution in [3.05, 3.63) is 47.0 Å². The van der Waals surface area contributed by atoms with Gasteiger partial charge in [-0.2, -0.15) is 0 Å². The average Bonchev–Trinajstić information content (AvgIpc) is 2.60. The topological polar surface area (TPSA) is 68.8 Å². The van der Waals surface area contributed by atoms with E-state index in [0.717, 1.165) is 5.56 Å². The first kappa shape index (κ1) is 18.7. The second kappa shape index (κ2) is 8.48. The molecule has 1 atom stereocenters. The molecule has 0 aliphatic heterocycles. The van der Waals surface area contributed by atoms with E-state index in [2.05, 4.69) is 10.6 Å². The van der Waals surface area contributed by atoms with E-state index in [0.29, 0.717) is 28.0 Å². The fourth-order valence-corrected chi connectivity index (χ4v) is 2.58. The van der Waals surface area contributed by atoms with Gasteiger partial charge in [-0.3, -0.25) is 0 Å². The number of nitrogens with one attached hydrogen (secondary N) is 2. The van der Waals surface area contributed by atoms with Gasteiger partial charge >= 0.3 is 6.03 Å². The number of methoxy groups -OCH3 is 3. The van der Waals surface area contributed by atoms with Crippen molar-refractivity contribution in [3.8, 4) is 17.2 Å². The van der Waals surface area contributed by atoms with Crippen LogP contribution in [0, 0.1) is 0 Å². The lowest BCUT2D eigenvalue weighted by atomic mass is 10.1. The fraction of sp³-hybridized carbons (Fsp3) is 0.278. The molecule has 0 heterocycles. The van der Waals surface area contributed by atoms with Gasteiger partial charge in [-0.1, -0.05) is 23.7 Å². The molecule has 2 N–H and O–H groups in total. The monoisotopic (exact) mass is 364 g/mol. The van der Waals surface area contributed by atoms with Crippen molar-refractivity contribution in [2.75, 3.05) is 26.6 Å². The van der Waals surface area contributed by atoms with Crippen molar-refractivity contribution in [1.82, 2.24) is 5.32 Å². The first-order valence-electron chi connectivity index (χ1n) is 7.61. The number of halogens is 1. The van der Waals surface area contributed by atoms with Crippen LogP contribution < -0.4 is 24.8 Å². The Labute approximate surface area is 152 Å². The predicted octanol–water partition coefficient (Wildman–Crippen LogP) is 4.25. The minimum Gasteiger partial charge on any atom is -0.493 e. The molecule has 0 saturated heterocycles. The lowest BCUT2D eigenvalue weighted by Gasteiger charge is -2.17. The number of hydrogen-bond donors (Lipinski definition) is 2. The molecule has 0 saturated carbocycles. The van der Waals surface area contributed by atoms with Crippen LogP contribution in [-0.4, -0.2) is 27.4 Å². The number of carbonyl (C=O) groups is 1. The van der Waals surface area contributed by atoms with Gasteiger partial charge in [-0.15, -0.1) is 0 Å². The highest BCUT2D eigenvalue weighted by molar-refractivity contribution is 6.30. The van der Waals surface area contributed by atoms with Gasteiger partial charge in [-0.05, 0) is 24.6 Å². The van der Waals surface area contributed by atoms with Gasteiger partial charge in [0.05, 0.1) is 33.1 Å². The normalized spacial score (nSPS) is 11.4. The van der Waals surface area contributed by atoms with Crippen LogP contribution in [0.2, 0.25) is 5.02 Å². The van der Waals surface area contributed by atoms with E-state index >= 15 is 0 Å². The standard InChI is InChI=1S/C18H21ClN2O4/c1-11(12-6-5-7-13(19)8-12)20-18(22)21-14-9-15(23-2)17(25-4)16(10-14)24-3/h5-11H,1-4H3,(H2,20,21,22)/t11-/m0/s1. The molecule has 0 spiro atoms. The number of benzene rings is 2. The summed E-state index contributed by atoms with van der Waals surface area (Å²) in [5, 5.41) is 6.23. The van der Waals surface area contributed by atoms with Crippen LogP contribution in [0.1, 0.15) is 18.5 Å². The summed E-state index contributed by atoms with van der Waals surface area (Å²) in [6.07, 6.45) is 0. The first-order valence-corrected chi connectivity index (χ1v) is 7.99. The molecule has 25 heavy (non-hydrogen) atoms. The van der Waals surface area contributed by atoms with Crippen molar-refractivity contribution in [1.29, 1.82) is 0 Å². The van der Waals surface area contributed by atoms with Gasteiger partial charge < -0.3 is 24.8 Å². The van der Waals surface area contributed by atoms with Crippen LogP contribution in [0.15, 0.2) is 36.4 Å². The zero-order valence-corrected chi connectivity index (χ0v) is 15.3. The summed E-state index contributed by atoms with van der Waals surface area (Å²) in [5.74, 6) is 1.38. The third-order valence-corrected chi connectivity index (χ3v) is 3.85. The zero-order chi connectivity index (χ0) is 18.4. The van der Waals surface area contributed by atoms with Gasteiger partial charge in [0.25, 0.3) is 0 Å². The lowest BCUT2D eigenvalue weighted by molar-refractivity contribution is 0.249. The summed E-state index contributed by atoms with van der Waals surface area (Å²) >= 11 is 5.98. The van der Waals surface area contributed by atoms with E-state index in [1.54, 1.807) is 18.2 Å². The summed E-state index contributed by atoms with van der Waals surface area (Å²) < 4.78 is 15.8. The molecule has 0 fully saturated rings. The quantitative estimate of drug-likeness (QED) is 0.804. The van der Waals surface area contributed by atoms with Crippen LogP contribution in [0.3, 0.4) is 0 Å². The average molecular weight is 365 g/mol. The molecule has 2 aromatic rings. The van der Waals surface area contributed by atoms with Crippen LogP contribution in [-0.2, 0) is 0 Å². The molecule has 134 valence electrons. The molecule has 0 bridgehead atoms. The summed E-state index contributed by atoms with van der Waals surface area (Å²) in [4.78, 5) is 12.3. The molecule has 6 nitrogen and oxygen atoms in total. The minimum absolute atomic E-state index is 0.208. The van der Waals surface area contributed by atoms with Gasteiger partial charge in [0.15, 0.2) is 11.5 Å². The maximum absolute atomic E-state index is 12.3. The number of ether oxygens (including phenoxy) is 3. The van der Waals surface area contributed by atoms with E-state index in [1.165, 1.54) is 21.3 Å². The van der Waals surface area contributed by atoms with Crippen LogP contribution in [0.5, 0.6) is 17.2 Å². The number of rotatable bonds is 6. The second-order valence-electron chi connectivity index (χ2n) is 5.29. The Morgan fingerprint density at radius 1 is 1.04 bits per heavy atom. The Balaban J connectivity index is 2.12. The molecule has 2 aromatic carbocycles. The highest BCUT2D eigenvalue weighted by atomic mass is 35.5.